The van der Waals surface area contributed by atoms with Crippen molar-refractivity contribution >= 4 is 16.3 Å². The third-order valence-corrected chi connectivity index (χ3v) is 5.08. The van der Waals surface area contributed by atoms with Crippen molar-refractivity contribution in [3.8, 4) is 0 Å². The molecule has 0 radical (unpaired) electrons. The van der Waals surface area contributed by atoms with Crippen LogP contribution in [-0.2, 0) is 12.6 Å². The first-order chi connectivity index (χ1) is 13.5. The lowest BCUT2D eigenvalue weighted by Gasteiger charge is -2.26. The molecule has 0 amide bonds. The fraction of sp³-hybridized carbons (Fsp3) is 0.273. The third kappa shape index (κ3) is 4.22. The highest BCUT2D eigenvalue weighted by Gasteiger charge is 2.32. The molecule has 0 atom stereocenters. The topological polar surface area (TPSA) is 29.0 Å². The van der Waals surface area contributed by atoms with Crippen LogP contribution in [0.15, 0.2) is 60.9 Å². The first kappa shape index (κ1) is 18.6. The summed E-state index contributed by atoms with van der Waals surface area (Å²) in [6, 6.07) is 12.5. The van der Waals surface area contributed by atoms with E-state index < -0.39 is 11.9 Å². The minimum absolute atomic E-state index is 0.427. The van der Waals surface area contributed by atoms with Gasteiger partial charge in [0.1, 0.15) is 5.69 Å². The van der Waals surface area contributed by atoms with E-state index in [0.29, 0.717) is 12.1 Å². The van der Waals surface area contributed by atoms with E-state index in [0.717, 1.165) is 43.1 Å². The van der Waals surface area contributed by atoms with Crippen LogP contribution in [0.2, 0.25) is 0 Å². The zero-order valence-electron chi connectivity index (χ0n) is 15.3. The Hall–Kier alpha value is -2.73. The number of pyridine rings is 2. The van der Waals surface area contributed by atoms with Gasteiger partial charge < -0.3 is 0 Å². The Morgan fingerprint density at radius 1 is 1.04 bits per heavy atom. The van der Waals surface area contributed by atoms with E-state index in [1.54, 1.807) is 12.3 Å². The number of halogens is 3. The van der Waals surface area contributed by atoms with Crippen LogP contribution in [0.3, 0.4) is 0 Å². The lowest BCUT2D eigenvalue weighted by atomic mass is 10.0. The number of hydrogen-bond donors (Lipinski definition) is 0. The molecule has 0 aliphatic carbocycles. The number of benzene rings is 1. The molecule has 0 saturated heterocycles. The van der Waals surface area contributed by atoms with Crippen molar-refractivity contribution in [1.29, 1.82) is 0 Å². The Balaban J connectivity index is 1.38. The van der Waals surface area contributed by atoms with Gasteiger partial charge in [0.2, 0.25) is 0 Å². The predicted octanol–water partition coefficient (Wildman–Crippen LogP) is 4.98. The maximum absolute atomic E-state index is 12.9. The second kappa shape index (κ2) is 7.72. The number of aromatic nitrogens is 2. The van der Waals surface area contributed by atoms with Gasteiger partial charge in [-0.3, -0.25) is 9.88 Å². The summed E-state index contributed by atoms with van der Waals surface area (Å²) in [6.45, 7) is 2.45. The lowest BCUT2D eigenvalue weighted by Crippen LogP contribution is -2.30. The average Bonchev–Trinajstić information content (AvgIpc) is 2.72. The zero-order valence-corrected chi connectivity index (χ0v) is 15.3. The van der Waals surface area contributed by atoms with E-state index in [9.17, 15) is 13.2 Å². The van der Waals surface area contributed by atoms with Crippen LogP contribution in [0.4, 0.5) is 13.2 Å². The van der Waals surface area contributed by atoms with Crippen LogP contribution >= 0.6 is 0 Å². The Bertz CT molecular complexity index is 1010. The van der Waals surface area contributed by atoms with E-state index in [2.05, 4.69) is 33.1 Å². The molecule has 3 nitrogen and oxygen atoms in total. The summed E-state index contributed by atoms with van der Waals surface area (Å²) in [4.78, 5) is 10.3. The summed E-state index contributed by atoms with van der Waals surface area (Å²) in [6.07, 6.45) is 2.88. The molecular weight excluding hydrogens is 363 g/mol. The van der Waals surface area contributed by atoms with Crippen LogP contribution in [0, 0.1) is 0 Å². The Morgan fingerprint density at radius 2 is 1.93 bits per heavy atom. The van der Waals surface area contributed by atoms with Crippen molar-refractivity contribution in [3.63, 3.8) is 0 Å². The van der Waals surface area contributed by atoms with E-state index in [4.69, 9.17) is 0 Å². The highest BCUT2D eigenvalue weighted by atomic mass is 19.4. The Kier molecular flexibility index (Phi) is 5.13. The van der Waals surface area contributed by atoms with Crippen molar-refractivity contribution in [2.45, 2.75) is 19.0 Å². The largest absolute Gasteiger partial charge is 0.433 e. The van der Waals surface area contributed by atoms with Crippen molar-refractivity contribution in [2.24, 2.45) is 0 Å². The molecule has 1 aliphatic rings. The van der Waals surface area contributed by atoms with E-state index in [-0.39, 0.29) is 0 Å². The van der Waals surface area contributed by atoms with Crippen molar-refractivity contribution in [2.75, 3.05) is 19.6 Å². The van der Waals surface area contributed by atoms with Crippen molar-refractivity contribution in [1.82, 2.24) is 14.9 Å². The monoisotopic (exact) mass is 383 g/mol. The molecule has 0 saturated carbocycles. The summed E-state index contributed by atoms with van der Waals surface area (Å²) >= 11 is 0. The molecule has 0 bridgehead atoms. The standard InChI is InChI=1S/C22H20F3N3/c23-22(24,25)21-3-1-2-20(27-21)18-8-12-28(13-9-18)11-7-16-4-5-17-6-10-26-15-19(17)14-16/h1-6,8,10,14-15H,7,9,11-13H2. The second-order valence-electron chi connectivity index (χ2n) is 6.99. The second-order valence-corrected chi connectivity index (χ2v) is 6.99. The molecule has 1 aromatic carbocycles. The normalized spacial score (nSPS) is 15.6. The molecule has 144 valence electrons. The Labute approximate surface area is 161 Å². The molecule has 0 fully saturated rings. The van der Waals surface area contributed by atoms with E-state index in [1.165, 1.54) is 17.0 Å². The summed E-state index contributed by atoms with van der Waals surface area (Å²) in [7, 11) is 0. The number of fused-ring (bicyclic) bond motifs is 1. The van der Waals surface area contributed by atoms with Gasteiger partial charge in [0.05, 0.1) is 5.69 Å². The third-order valence-electron chi connectivity index (χ3n) is 5.08. The van der Waals surface area contributed by atoms with Crippen LogP contribution < -0.4 is 0 Å². The lowest BCUT2D eigenvalue weighted by molar-refractivity contribution is -0.141. The molecule has 28 heavy (non-hydrogen) atoms. The molecule has 3 heterocycles. The van der Waals surface area contributed by atoms with Gasteiger partial charge in [-0.05, 0) is 53.6 Å². The molecule has 0 spiro atoms. The smallest absolute Gasteiger partial charge is 0.299 e. The highest BCUT2D eigenvalue weighted by molar-refractivity contribution is 5.82. The van der Waals surface area contributed by atoms with Gasteiger partial charge in [-0.1, -0.05) is 24.3 Å². The summed E-state index contributed by atoms with van der Waals surface area (Å²) in [5.74, 6) is 0. The average molecular weight is 383 g/mol. The van der Waals surface area contributed by atoms with Gasteiger partial charge >= 0.3 is 6.18 Å². The summed E-state index contributed by atoms with van der Waals surface area (Å²) in [5.41, 5.74) is 1.74. The highest BCUT2D eigenvalue weighted by Crippen LogP contribution is 2.29. The van der Waals surface area contributed by atoms with Crippen LogP contribution in [0.1, 0.15) is 23.4 Å². The minimum atomic E-state index is -4.41. The van der Waals surface area contributed by atoms with Crippen molar-refractivity contribution < 1.29 is 13.2 Å². The molecule has 6 heteroatoms. The summed E-state index contributed by atoms with van der Waals surface area (Å²) in [5, 5.41) is 2.31. The van der Waals surface area contributed by atoms with Gasteiger partial charge in [0.15, 0.2) is 0 Å². The molecule has 3 aromatic rings. The zero-order chi connectivity index (χ0) is 19.6. The van der Waals surface area contributed by atoms with Gasteiger partial charge in [-0.2, -0.15) is 13.2 Å². The maximum Gasteiger partial charge on any atom is 0.433 e. The van der Waals surface area contributed by atoms with Crippen LogP contribution in [0.5, 0.6) is 0 Å². The molecule has 2 aromatic heterocycles. The molecule has 0 unspecified atom stereocenters. The molecular formula is C22H20F3N3. The number of nitrogens with zero attached hydrogens (tertiary/aromatic N) is 3. The van der Waals surface area contributed by atoms with E-state index >= 15 is 0 Å². The molecule has 1 aliphatic heterocycles. The van der Waals surface area contributed by atoms with Gasteiger partial charge in [-0.15, -0.1) is 0 Å². The predicted molar refractivity (Wildman–Crippen MR) is 104 cm³/mol. The number of rotatable bonds is 4. The first-order valence-corrected chi connectivity index (χ1v) is 9.28. The van der Waals surface area contributed by atoms with Gasteiger partial charge in [0.25, 0.3) is 0 Å². The summed E-state index contributed by atoms with van der Waals surface area (Å²) < 4.78 is 38.6. The minimum Gasteiger partial charge on any atom is -0.299 e. The van der Waals surface area contributed by atoms with Crippen molar-refractivity contribution in [3.05, 3.63) is 77.9 Å². The fourth-order valence-corrected chi connectivity index (χ4v) is 3.50. The van der Waals surface area contributed by atoms with Crippen LogP contribution in [0.25, 0.3) is 16.3 Å². The maximum atomic E-state index is 12.9. The fourth-order valence-electron chi connectivity index (χ4n) is 3.50. The number of alkyl halides is 3. The quantitative estimate of drug-likeness (QED) is 0.636. The van der Waals surface area contributed by atoms with Gasteiger partial charge in [-0.25, -0.2) is 4.98 Å². The SMILES string of the molecule is FC(F)(F)c1cccc(C2=CCN(CCc3ccc4ccncc4c3)CC2)n1. The Morgan fingerprint density at radius 3 is 2.71 bits per heavy atom. The number of hydrogen-bond acceptors (Lipinski definition) is 3. The molecule has 4 rings (SSSR count). The van der Waals surface area contributed by atoms with Gasteiger partial charge in [0, 0.05) is 37.4 Å². The van der Waals surface area contributed by atoms with Crippen LogP contribution in [-0.4, -0.2) is 34.5 Å². The first-order valence-electron chi connectivity index (χ1n) is 9.28. The van der Waals surface area contributed by atoms with E-state index in [1.807, 2.05) is 18.3 Å². The molecule has 0 N–H and O–H groups in total.